The Labute approximate surface area is 150 Å². The summed E-state index contributed by atoms with van der Waals surface area (Å²) in [4.78, 5) is 23.0. The van der Waals surface area contributed by atoms with Gasteiger partial charge in [-0.2, -0.15) is 4.98 Å². The SMILES string of the molecule is CN(C)c1ccnc(N[C@H]2CC[C@@H](NC(=O)CC3CCCC3)CC2)n1. The van der Waals surface area contributed by atoms with Crippen LogP contribution in [-0.4, -0.2) is 42.1 Å². The smallest absolute Gasteiger partial charge is 0.224 e. The number of hydrogen-bond donors (Lipinski definition) is 2. The molecule has 25 heavy (non-hydrogen) atoms. The number of rotatable bonds is 6. The van der Waals surface area contributed by atoms with E-state index in [4.69, 9.17) is 0 Å². The van der Waals surface area contributed by atoms with Crippen LogP contribution in [0.15, 0.2) is 12.3 Å². The highest BCUT2D eigenvalue weighted by Crippen LogP contribution is 2.28. The minimum absolute atomic E-state index is 0.255. The summed E-state index contributed by atoms with van der Waals surface area (Å²) in [5.74, 6) is 2.48. The van der Waals surface area contributed by atoms with E-state index in [0.29, 0.717) is 23.9 Å². The highest BCUT2D eigenvalue weighted by Gasteiger charge is 2.24. The number of aromatic nitrogens is 2. The first-order valence-electron chi connectivity index (χ1n) is 9.66. The maximum Gasteiger partial charge on any atom is 0.224 e. The van der Waals surface area contributed by atoms with Crippen molar-refractivity contribution in [2.24, 2.45) is 5.92 Å². The molecule has 1 amide bonds. The van der Waals surface area contributed by atoms with Crippen LogP contribution in [0.3, 0.4) is 0 Å². The topological polar surface area (TPSA) is 70.2 Å². The van der Waals surface area contributed by atoms with E-state index < -0.39 is 0 Å². The van der Waals surface area contributed by atoms with Crippen molar-refractivity contribution in [2.75, 3.05) is 24.3 Å². The largest absolute Gasteiger partial charge is 0.363 e. The predicted molar refractivity (Wildman–Crippen MR) is 101 cm³/mol. The first kappa shape index (κ1) is 18.0. The molecular formula is C19H31N5O. The normalized spacial score (nSPS) is 24.1. The van der Waals surface area contributed by atoms with Crippen LogP contribution in [0.1, 0.15) is 57.8 Å². The minimum Gasteiger partial charge on any atom is -0.363 e. The molecule has 1 heterocycles. The van der Waals surface area contributed by atoms with Gasteiger partial charge in [0.2, 0.25) is 11.9 Å². The van der Waals surface area contributed by atoms with Crippen molar-refractivity contribution in [3.63, 3.8) is 0 Å². The minimum atomic E-state index is 0.255. The van der Waals surface area contributed by atoms with Crippen LogP contribution in [-0.2, 0) is 4.79 Å². The second kappa shape index (κ2) is 8.50. The lowest BCUT2D eigenvalue weighted by Gasteiger charge is -2.30. The van der Waals surface area contributed by atoms with Crippen molar-refractivity contribution in [1.82, 2.24) is 15.3 Å². The molecule has 2 saturated carbocycles. The van der Waals surface area contributed by atoms with E-state index in [9.17, 15) is 4.79 Å². The molecule has 0 unspecified atom stereocenters. The van der Waals surface area contributed by atoms with Crippen LogP contribution in [0.5, 0.6) is 0 Å². The quantitative estimate of drug-likeness (QED) is 0.829. The molecule has 3 rings (SSSR count). The van der Waals surface area contributed by atoms with E-state index in [1.54, 1.807) is 6.20 Å². The van der Waals surface area contributed by atoms with E-state index in [1.807, 2.05) is 25.1 Å². The van der Waals surface area contributed by atoms with Gasteiger partial charge in [0.15, 0.2) is 0 Å². The van der Waals surface area contributed by atoms with Crippen LogP contribution in [0.25, 0.3) is 0 Å². The molecule has 0 spiro atoms. The highest BCUT2D eigenvalue weighted by atomic mass is 16.1. The van der Waals surface area contributed by atoms with Crippen LogP contribution in [0.2, 0.25) is 0 Å². The van der Waals surface area contributed by atoms with Crippen molar-refractivity contribution in [1.29, 1.82) is 0 Å². The third kappa shape index (κ3) is 5.31. The number of carbonyl (C=O) groups excluding carboxylic acids is 1. The van der Waals surface area contributed by atoms with E-state index >= 15 is 0 Å². The molecule has 1 aromatic rings. The van der Waals surface area contributed by atoms with Gasteiger partial charge in [-0.25, -0.2) is 4.98 Å². The lowest BCUT2D eigenvalue weighted by molar-refractivity contribution is -0.122. The van der Waals surface area contributed by atoms with Crippen molar-refractivity contribution >= 4 is 17.7 Å². The zero-order valence-corrected chi connectivity index (χ0v) is 15.5. The molecular weight excluding hydrogens is 314 g/mol. The summed E-state index contributed by atoms with van der Waals surface area (Å²) in [5.41, 5.74) is 0. The highest BCUT2D eigenvalue weighted by molar-refractivity contribution is 5.76. The summed E-state index contributed by atoms with van der Waals surface area (Å²) in [6.07, 6.45) is 11.7. The van der Waals surface area contributed by atoms with Gasteiger partial charge < -0.3 is 15.5 Å². The van der Waals surface area contributed by atoms with Crippen molar-refractivity contribution in [3.8, 4) is 0 Å². The summed E-state index contributed by atoms with van der Waals surface area (Å²) >= 11 is 0. The van der Waals surface area contributed by atoms with Gasteiger partial charge in [0.05, 0.1) is 0 Å². The van der Waals surface area contributed by atoms with Crippen molar-refractivity contribution < 1.29 is 4.79 Å². The van der Waals surface area contributed by atoms with Gasteiger partial charge in [-0.1, -0.05) is 12.8 Å². The Morgan fingerprint density at radius 1 is 1.12 bits per heavy atom. The first-order chi connectivity index (χ1) is 12.1. The average Bonchev–Trinajstić information content (AvgIpc) is 3.10. The lowest BCUT2D eigenvalue weighted by Crippen LogP contribution is -2.40. The monoisotopic (exact) mass is 345 g/mol. The Morgan fingerprint density at radius 2 is 1.80 bits per heavy atom. The van der Waals surface area contributed by atoms with E-state index in [1.165, 1.54) is 25.7 Å². The molecule has 2 aliphatic rings. The van der Waals surface area contributed by atoms with Crippen LogP contribution in [0.4, 0.5) is 11.8 Å². The first-order valence-corrected chi connectivity index (χ1v) is 9.66. The molecule has 6 heteroatoms. The standard InChI is InChI=1S/C19H31N5O/c1-24(2)17-11-12-20-19(23-17)22-16-9-7-15(8-10-16)21-18(25)13-14-5-3-4-6-14/h11-12,14-16H,3-10,13H2,1-2H3,(H,21,25)(H,20,22,23)/t15-,16+. The third-order valence-corrected chi connectivity index (χ3v) is 5.47. The molecule has 2 N–H and O–H groups in total. The number of hydrogen-bond acceptors (Lipinski definition) is 5. The van der Waals surface area contributed by atoms with E-state index in [-0.39, 0.29) is 5.91 Å². The van der Waals surface area contributed by atoms with Gasteiger partial charge in [0.25, 0.3) is 0 Å². The Balaban J connectivity index is 1.41. The average molecular weight is 345 g/mol. The molecule has 0 atom stereocenters. The zero-order chi connectivity index (χ0) is 17.6. The second-order valence-electron chi connectivity index (χ2n) is 7.75. The fourth-order valence-electron chi connectivity index (χ4n) is 4.00. The fraction of sp³-hybridized carbons (Fsp3) is 0.737. The summed E-state index contributed by atoms with van der Waals surface area (Å²) < 4.78 is 0. The number of nitrogens with one attached hydrogen (secondary N) is 2. The molecule has 6 nitrogen and oxygen atoms in total. The van der Waals surface area contributed by atoms with Crippen molar-refractivity contribution in [2.45, 2.75) is 69.9 Å². The summed E-state index contributed by atoms with van der Waals surface area (Å²) in [6.45, 7) is 0. The van der Waals surface area contributed by atoms with Gasteiger partial charge in [-0.05, 0) is 50.5 Å². The van der Waals surface area contributed by atoms with Gasteiger partial charge in [-0.15, -0.1) is 0 Å². The van der Waals surface area contributed by atoms with E-state index in [2.05, 4.69) is 20.6 Å². The summed E-state index contributed by atoms with van der Waals surface area (Å²) in [5, 5.41) is 6.70. The van der Waals surface area contributed by atoms with Gasteiger partial charge in [0, 0.05) is 38.8 Å². The molecule has 0 radical (unpaired) electrons. The molecule has 2 fully saturated rings. The van der Waals surface area contributed by atoms with E-state index in [0.717, 1.165) is 37.9 Å². The Hall–Kier alpha value is -1.85. The number of anilines is 2. The molecule has 0 saturated heterocycles. The van der Waals surface area contributed by atoms with Gasteiger partial charge in [-0.3, -0.25) is 4.79 Å². The molecule has 0 bridgehead atoms. The lowest BCUT2D eigenvalue weighted by atomic mass is 9.91. The van der Waals surface area contributed by atoms with Crippen molar-refractivity contribution in [3.05, 3.63) is 12.3 Å². The zero-order valence-electron chi connectivity index (χ0n) is 15.5. The maximum absolute atomic E-state index is 12.2. The van der Waals surface area contributed by atoms with Crippen LogP contribution < -0.4 is 15.5 Å². The third-order valence-electron chi connectivity index (χ3n) is 5.47. The number of carbonyl (C=O) groups is 1. The summed E-state index contributed by atoms with van der Waals surface area (Å²) in [6, 6.07) is 2.63. The molecule has 0 aliphatic heterocycles. The van der Waals surface area contributed by atoms with Crippen LogP contribution in [0, 0.1) is 5.92 Å². The predicted octanol–water partition coefficient (Wildman–Crippen LogP) is 2.96. The molecule has 2 aliphatic carbocycles. The van der Waals surface area contributed by atoms with Crippen LogP contribution >= 0.6 is 0 Å². The number of nitrogens with zero attached hydrogens (tertiary/aromatic N) is 3. The molecule has 1 aromatic heterocycles. The summed E-state index contributed by atoms with van der Waals surface area (Å²) in [7, 11) is 3.96. The fourth-order valence-corrected chi connectivity index (χ4v) is 4.00. The Morgan fingerprint density at radius 3 is 2.48 bits per heavy atom. The molecule has 0 aromatic carbocycles. The molecule has 138 valence electrons. The van der Waals surface area contributed by atoms with Gasteiger partial charge >= 0.3 is 0 Å². The Bertz CT molecular complexity index is 563. The second-order valence-corrected chi connectivity index (χ2v) is 7.75. The number of amides is 1. The Kier molecular flexibility index (Phi) is 6.10. The van der Waals surface area contributed by atoms with Gasteiger partial charge in [0.1, 0.15) is 5.82 Å². The maximum atomic E-state index is 12.2.